The Morgan fingerprint density at radius 2 is 1.83 bits per heavy atom. The number of carbonyl (C=O) groups excluding carboxylic acids is 1. The number of hydrogen-bond donors (Lipinski definition) is 0. The van der Waals surface area contributed by atoms with Gasteiger partial charge >= 0.3 is 22.2 Å². The monoisotopic (exact) mass is 603 g/mol. The van der Waals surface area contributed by atoms with Crippen LogP contribution >= 0.6 is 0 Å². The number of hydrogen-bond acceptors (Lipinski definition) is 8. The number of pyridine rings is 2. The molecule has 3 aromatic rings. The summed E-state index contributed by atoms with van der Waals surface area (Å²) in [5, 5.41) is -1.37. The second-order valence-electron chi connectivity index (χ2n) is 9.19. The van der Waals surface area contributed by atoms with Gasteiger partial charge in [0, 0.05) is 43.9 Å². The van der Waals surface area contributed by atoms with Crippen LogP contribution in [0.25, 0.3) is 0 Å². The zero-order chi connectivity index (χ0) is 30.1. The van der Waals surface area contributed by atoms with Crippen LogP contribution in [0.5, 0.6) is 0 Å². The normalized spacial score (nSPS) is 16.0. The van der Waals surface area contributed by atoms with E-state index in [1.165, 1.54) is 13.0 Å². The Morgan fingerprint density at radius 3 is 2.49 bits per heavy atom. The molecular formula is C25H23F6N5O4S. The van der Waals surface area contributed by atoms with E-state index < -0.39 is 49.2 Å². The van der Waals surface area contributed by atoms with Gasteiger partial charge in [-0.3, -0.25) is 4.90 Å². The van der Waals surface area contributed by atoms with E-state index in [4.69, 9.17) is 0 Å². The largest absolute Gasteiger partial charge is 0.493 e. The fourth-order valence-corrected chi connectivity index (χ4v) is 5.58. The van der Waals surface area contributed by atoms with Crippen LogP contribution in [0.3, 0.4) is 0 Å². The highest BCUT2D eigenvalue weighted by atomic mass is 32.2. The van der Waals surface area contributed by atoms with Crippen molar-refractivity contribution in [1.82, 2.24) is 14.9 Å². The van der Waals surface area contributed by atoms with E-state index in [9.17, 15) is 35.2 Å². The van der Waals surface area contributed by atoms with Gasteiger partial charge in [0.2, 0.25) is 11.0 Å². The third-order valence-corrected chi connectivity index (χ3v) is 7.95. The predicted molar refractivity (Wildman–Crippen MR) is 133 cm³/mol. The maximum Gasteiger partial charge on any atom is 0.493 e. The number of nitrogens with zero attached hydrogens (tertiary/aromatic N) is 5. The second kappa shape index (κ2) is 11.5. The Labute approximate surface area is 231 Å². The van der Waals surface area contributed by atoms with Crippen LogP contribution in [0.15, 0.2) is 53.7 Å². The summed E-state index contributed by atoms with van der Waals surface area (Å²) < 4.78 is 108. The van der Waals surface area contributed by atoms with Gasteiger partial charge in [0.25, 0.3) is 0 Å². The highest BCUT2D eigenvalue weighted by molar-refractivity contribution is 7.92. The van der Waals surface area contributed by atoms with Crippen LogP contribution in [0.1, 0.15) is 17.5 Å². The topological polar surface area (TPSA) is 95.9 Å². The summed E-state index contributed by atoms with van der Waals surface area (Å²) in [7, 11) is -3.85. The number of aromatic nitrogens is 2. The fraction of sp³-hybridized carbons (Fsp3) is 0.320. The molecule has 1 fully saturated rings. The molecule has 0 saturated carbocycles. The number of likely N-dealkylation sites (N-methyl/N-ethyl adjacent to an activating group) is 1. The first-order valence-corrected chi connectivity index (χ1v) is 13.4. The van der Waals surface area contributed by atoms with Crippen LogP contribution in [0.4, 0.5) is 37.8 Å². The molecule has 220 valence electrons. The number of rotatable bonds is 8. The maximum absolute atomic E-state index is 15.5. The molecule has 0 radical (unpaired) electrons. The standard InChI is InChI=1S/C25H23F6N5O4S/c1-15-19(34(2)17-10-11-35(14-17)13-16-6-3-4-7-18(16)26)12-32-23(22(15)28)41(38,39)36(40-24(37)25(29,30)31)21-9-5-8-20(27)33-21/h3-9,12,17H,10-11,13-14H2,1-2H3/t17-/m0/s1. The van der Waals surface area contributed by atoms with Crippen molar-refractivity contribution in [3.05, 3.63) is 77.4 Å². The first kappa shape index (κ1) is 30.0. The summed E-state index contributed by atoms with van der Waals surface area (Å²) in [4.78, 5) is 25.9. The number of alkyl halides is 3. The van der Waals surface area contributed by atoms with Gasteiger partial charge in [0.05, 0.1) is 11.9 Å². The average Bonchev–Trinajstić information content (AvgIpc) is 3.37. The van der Waals surface area contributed by atoms with E-state index in [-0.39, 0.29) is 23.1 Å². The van der Waals surface area contributed by atoms with Crippen molar-refractivity contribution in [2.45, 2.75) is 37.1 Å². The zero-order valence-corrected chi connectivity index (χ0v) is 22.4. The van der Waals surface area contributed by atoms with Crippen molar-refractivity contribution >= 4 is 27.5 Å². The van der Waals surface area contributed by atoms with Gasteiger partial charge in [-0.15, -0.1) is 0 Å². The summed E-state index contributed by atoms with van der Waals surface area (Å²) in [6.07, 6.45) is -4.02. The number of sulfonamides is 1. The molecule has 0 N–H and O–H groups in total. The summed E-state index contributed by atoms with van der Waals surface area (Å²) >= 11 is 0. The first-order valence-electron chi connectivity index (χ1n) is 12.0. The molecular weight excluding hydrogens is 580 g/mol. The van der Waals surface area contributed by atoms with Crippen molar-refractivity contribution in [3.8, 4) is 0 Å². The van der Waals surface area contributed by atoms with E-state index in [2.05, 4.69) is 14.8 Å². The zero-order valence-electron chi connectivity index (χ0n) is 21.6. The molecule has 4 rings (SSSR count). The summed E-state index contributed by atoms with van der Waals surface area (Å²) in [6, 6.07) is 8.54. The van der Waals surface area contributed by atoms with E-state index in [0.717, 1.165) is 24.4 Å². The summed E-state index contributed by atoms with van der Waals surface area (Å²) in [5.41, 5.74) is 0.475. The molecule has 0 amide bonds. The van der Waals surface area contributed by atoms with Crippen molar-refractivity contribution in [2.75, 3.05) is 29.5 Å². The molecule has 1 aromatic carbocycles. The van der Waals surface area contributed by atoms with Crippen LogP contribution in [-0.2, 0) is 26.2 Å². The molecule has 1 aliphatic rings. The molecule has 9 nitrogen and oxygen atoms in total. The maximum atomic E-state index is 15.5. The Hall–Kier alpha value is -3.92. The van der Waals surface area contributed by atoms with Crippen molar-refractivity contribution in [3.63, 3.8) is 0 Å². The highest BCUT2D eigenvalue weighted by Crippen LogP contribution is 2.32. The lowest BCUT2D eigenvalue weighted by atomic mass is 10.1. The van der Waals surface area contributed by atoms with Crippen LogP contribution in [-0.4, -0.2) is 61.6 Å². The van der Waals surface area contributed by atoms with Gasteiger partial charge in [0.1, 0.15) is 5.82 Å². The predicted octanol–water partition coefficient (Wildman–Crippen LogP) is 4.13. The van der Waals surface area contributed by atoms with Gasteiger partial charge < -0.3 is 9.74 Å². The Balaban J connectivity index is 1.61. The molecule has 1 aliphatic heterocycles. The summed E-state index contributed by atoms with van der Waals surface area (Å²) in [6.45, 7) is 2.66. The number of anilines is 2. The second-order valence-corrected chi connectivity index (χ2v) is 10.9. The minimum atomic E-state index is -5.64. The third-order valence-electron chi connectivity index (χ3n) is 6.48. The molecule has 0 unspecified atom stereocenters. The van der Waals surface area contributed by atoms with Crippen molar-refractivity contribution in [1.29, 1.82) is 0 Å². The molecule has 0 spiro atoms. The smallest absolute Gasteiger partial charge is 0.369 e. The fourth-order valence-electron chi connectivity index (χ4n) is 4.34. The number of benzene rings is 1. The molecule has 16 heteroatoms. The Bertz CT molecular complexity index is 1560. The van der Waals surface area contributed by atoms with E-state index >= 15 is 4.39 Å². The molecule has 0 bridgehead atoms. The lowest BCUT2D eigenvalue weighted by Crippen LogP contribution is -2.40. The average molecular weight is 604 g/mol. The van der Waals surface area contributed by atoms with Gasteiger partial charge in [-0.05, 0) is 31.5 Å². The number of halogens is 6. The first-order chi connectivity index (χ1) is 19.2. The van der Waals surface area contributed by atoms with E-state index in [1.54, 1.807) is 30.1 Å². The van der Waals surface area contributed by atoms with Crippen LogP contribution < -0.4 is 9.37 Å². The molecule has 41 heavy (non-hydrogen) atoms. The SMILES string of the molecule is Cc1c(N(C)[C@H]2CCN(Cc3ccccc3F)C2)cnc(S(=O)(=O)N(OC(=O)C(F)(F)F)c2cccc(F)n2)c1F. The molecule has 1 atom stereocenters. The van der Waals surface area contributed by atoms with Crippen LogP contribution in [0.2, 0.25) is 0 Å². The van der Waals surface area contributed by atoms with Crippen LogP contribution in [0, 0.1) is 24.5 Å². The minimum absolute atomic E-state index is 0.182. The lowest BCUT2D eigenvalue weighted by molar-refractivity contribution is -0.199. The molecule has 1 saturated heterocycles. The molecule has 3 heterocycles. The van der Waals surface area contributed by atoms with E-state index in [1.807, 2.05) is 4.90 Å². The third kappa shape index (κ3) is 6.37. The van der Waals surface area contributed by atoms with Gasteiger partial charge in [-0.1, -0.05) is 28.7 Å². The number of carbonyl (C=O) groups is 1. The summed E-state index contributed by atoms with van der Waals surface area (Å²) in [5.74, 6) is -7.13. The minimum Gasteiger partial charge on any atom is -0.369 e. The molecule has 2 aromatic heterocycles. The van der Waals surface area contributed by atoms with Crippen molar-refractivity contribution < 1.29 is 44.4 Å². The van der Waals surface area contributed by atoms with Crippen molar-refractivity contribution in [2.24, 2.45) is 0 Å². The molecule has 0 aliphatic carbocycles. The van der Waals surface area contributed by atoms with E-state index in [0.29, 0.717) is 31.6 Å². The van der Waals surface area contributed by atoms with Gasteiger partial charge in [0.15, 0.2) is 11.6 Å². The quantitative estimate of drug-likeness (QED) is 0.216. The highest BCUT2D eigenvalue weighted by Gasteiger charge is 2.46. The Morgan fingerprint density at radius 1 is 1.12 bits per heavy atom. The lowest BCUT2D eigenvalue weighted by Gasteiger charge is -2.29. The van der Waals surface area contributed by atoms with Gasteiger partial charge in [-0.25, -0.2) is 18.6 Å². The Kier molecular flexibility index (Phi) is 8.44. The number of likely N-dealkylation sites (tertiary alicyclic amines) is 1. The van der Waals surface area contributed by atoms with Gasteiger partial charge in [-0.2, -0.15) is 31.0 Å².